The van der Waals surface area contributed by atoms with Gasteiger partial charge in [0.15, 0.2) is 0 Å². The van der Waals surface area contributed by atoms with Crippen molar-refractivity contribution in [3.63, 3.8) is 0 Å². The predicted molar refractivity (Wildman–Crippen MR) is 129 cm³/mol. The summed E-state index contributed by atoms with van der Waals surface area (Å²) in [6.45, 7) is -0.0563. The molecule has 208 valence electrons. The Bertz CT molecular complexity index is 1250. The third-order valence-corrected chi connectivity index (χ3v) is 6.09. The van der Waals surface area contributed by atoms with E-state index in [1.807, 2.05) is 0 Å². The van der Waals surface area contributed by atoms with Crippen molar-refractivity contribution in [1.29, 1.82) is 0 Å². The molecule has 1 fully saturated rings. The zero-order valence-electron chi connectivity index (χ0n) is 20.6. The number of nitro benzene ring substituents is 2. The van der Waals surface area contributed by atoms with Gasteiger partial charge in [0.1, 0.15) is 19.3 Å². The van der Waals surface area contributed by atoms with Crippen molar-refractivity contribution in [2.24, 2.45) is 5.92 Å². The van der Waals surface area contributed by atoms with Crippen molar-refractivity contribution in [3.05, 3.63) is 79.9 Å². The highest BCUT2D eigenvalue weighted by molar-refractivity contribution is 5.91. The fourth-order valence-electron chi connectivity index (χ4n) is 4.21. The number of benzene rings is 2. The molecule has 39 heavy (non-hydrogen) atoms. The van der Waals surface area contributed by atoms with Gasteiger partial charge in [-0.25, -0.2) is 9.59 Å². The fourth-order valence-corrected chi connectivity index (χ4v) is 4.21. The number of carbonyl (C=O) groups excluding carboxylic acids is 3. The standard InChI is InChI=1S/C24H25N3O12/c1-14(39-24(32)38-13-16-7-3-5-9-18(16)27(35)36)20-19(10-11-28)25(21(20)29)22(30)23(31)37-12-15-6-2-4-8-17(15)26(33)34/h2-9,14,19-20,22,28,30H,10-13H2,1H3/t14-,19+,20+,22?/m0/s1. The Morgan fingerprint density at radius 2 is 1.49 bits per heavy atom. The maximum atomic E-state index is 12.8. The second-order valence-corrected chi connectivity index (χ2v) is 8.47. The quantitative estimate of drug-likeness (QED) is 0.169. The van der Waals surface area contributed by atoms with Gasteiger partial charge in [0.25, 0.3) is 11.4 Å². The molecule has 0 aromatic heterocycles. The first-order chi connectivity index (χ1) is 18.6. The van der Waals surface area contributed by atoms with Crippen LogP contribution in [-0.2, 0) is 37.0 Å². The molecule has 2 aromatic carbocycles. The van der Waals surface area contributed by atoms with E-state index in [1.165, 1.54) is 55.5 Å². The number of ether oxygens (including phenoxy) is 3. The van der Waals surface area contributed by atoms with Gasteiger partial charge in [-0.1, -0.05) is 24.3 Å². The van der Waals surface area contributed by atoms with Gasteiger partial charge < -0.3 is 29.3 Å². The van der Waals surface area contributed by atoms with E-state index in [4.69, 9.17) is 14.2 Å². The van der Waals surface area contributed by atoms with Crippen LogP contribution in [0.5, 0.6) is 0 Å². The zero-order valence-corrected chi connectivity index (χ0v) is 20.6. The van der Waals surface area contributed by atoms with Crippen molar-refractivity contribution < 1.29 is 48.7 Å². The Balaban J connectivity index is 1.59. The van der Waals surface area contributed by atoms with Crippen molar-refractivity contribution in [3.8, 4) is 0 Å². The normalized spacial score (nSPS) is 17.9. The number of hydrogen-bond donors (Lipinski definition) is 2. The summed E-state index contributed by atoms with van der Waals surface area (Å²) < 4.78 is 15.0. The van der Waals surface area contributed by atoms with Crippen LogP contribution in [0.3, 0.4) is 0 Å². The first kappa shape index (κ1) is 28.9. The van der Waals surface area contributed by atoms with Crippen LogP contribution in [0, 0.1) is 26.1 Å². The van der Waals surface area contributed by atoms with Crippen LogP contribution >= 0.6 is 0 Å². The maximum Gasteiger partial charge on any atom is 0.508 e. The molecule has 1 amide bonds. The first-order valence-electron chi connectivity index (χ1n) is 11.6. The molecular formula is C24H25N3O12. The minimum Gasteiger partial charge on any atom is -0.457 e. The number of rotatable bonds is 12. The van der Waals surface area contributed by atoms with E-state index in [2.05, 4.69) is 0 Å². The van der Waals surface area contributed by atoms with Crippen molar-refractivity contribution in [2.75, 3.05) is 6.61 Å². The number of likely N-dealkylation sites (tertiary alicyclic amines) is 1. The molecule has 0 bridgehead atoms. The lowest BCUT2D eigenvalue weighted by Crippen LogP contribution is -2.69. The Labute approximate surface area is 220 Å². The molecule has 1 unspecified atom stereocenters. The average Bonchev–Trinajstić information content (AvgIpc) is 2.90. The third-order valence-electron chi connectivity index (χ3n) is 6.09. The molecule has 2 aromatic rings. The van der Waals surface area contributed by atoms with E-state index >= 15 is 0 Å². The Hall–Kier alpha value is -4.63. The lowest BCUT2D eigenvalue weighted by molar-refractivity contribution is -0.386. The molecule has 1 aliphatic heterocycles. The van der Waals surface area contributed by atoms with Gasteiger partial charge >= 0.3 is 12.1 Å². The van der Waals surface area contributed by atoms with Gasteiger partial charge in [-0.2, -0.15) is 0 Å². The number of β-lactam (4-membered cyclic amide) rings is 1. The van der Waals surface area contributed by atoms with Crippen LogP contribution in [0.4, 0.5) is 16.2 Å². The summed E-state index contributed by atoms with van der Waals surface area (Å²) in [6, 6.07) is 10.2. The Morgan fingerprint density at radius 1 is 0.974 bits per heavy atom. The summed E-state index contributed by atoms with van der Waals surface area (Å²) >= 11 is 0. The molecule has 3 rings (SSSR count). The van der Waals surface area contributed by atoms with E-state index in [1.54, 1.807) is 0 Å². The lowest BCUT2D eigenvalue weighted by Gasteiger charge is -2.49. The number of hydrogen-bond acceptors (Lipinski definition) is 12. The van der Waals surface area contributed by atoms with E-state index in [0.29, 0.717) is 0 Å². The predicted octanol–water partition coefficient (Wildman–Crippen LogP) is 1.82. The highest BCUT2D eigenvalue weighted by atomic mass is 16.7. The van der Waals surface area contributed by atoms with E-state index in [-0.39, 0.29) is 28.9 Å². The second kappa shape index (κ2) is 12.7. The minimum atomic E-state index is -2.08. The van der Waals surface area contributed by atoms with Crippen molar-refractivity contribution in [2.45, 2.75) is 44.9 Å². The monoisotopic (exact) mass is 547 g/mol. The maximum absolute atomic E-state index is 12.8. The van der Waals surface area contributed by atoms with Gasteiger partial charge in [-0.15, -0.1) is 0 Å². The zero-order chi connectivity index (χ0) is 28.7. The number of carbonyl (C=O) groups is 3. The topological polar surface area (TPSA) is 209 Å². The number of esters is 1. The van der Waals surface area contributed by atoms with Crippen molar-refractivity contribution >= 4 is 29.4 Å². The molecule has 4 atom stereocenters. The minimum absolute atomic E-state index is 0.0733. The van der Waals surface area contributed by atoms with Crippen LogP contribution in [0.15, 0.2) is 48.5 Å². The number of aliphatic hydroxyl groups is 2. The molecule has 0 radical (unpaired) electrons. The second-order valence-electron chi connectivity index (χ2n) is 8.47. The Morgan fingerprint density at radius 3 is 2.00 bits per heavy atom. The summed E-state index contributed by atoms with van der Waals surface area (Å²) in [6.07, 6.45) is -4.48. The Kier molecular flexibility index (Phi) is 9.46. The van der Waals surface area contributed by atoms with Gasteiger partial charge in [-0.05, 0) is 25.5 Å². The fraction of sp³-hybridized carbons (Fsp3) is 0.375. The highest BCUT2D eigenvalue weighted by Crippen LogP contribution is 2.35. The molecule has 1 heterocycles. The van der Waals surface area contributed by atoms with E-state index in [0.717, 1.165) is 4.90 Å². The third kappa shape index (κ3) is 6.63. The number of aliphatic hydroxyl groups excluding tert-OH is 2. The van der Waals surface area contributed by atoms with Crippen molar-refractivity contribution in [1.82, 2.24) is 4.90 Å². The van der Waals surface area contributed by atoms with E-state index < -0.39 is 72.0 Å². The average molecular weight is 547 g/mol. The first-order valence-corrected chi connectivity index (χ1v) is 11.6. The van der Waals surface area contributed by atoms with Crippen LogP contribution < -0.4 is 0 Å². The molecule has 0 saturated carbocycles. The number of amides is 1. The molecule has 15 heteroatoms. The lowest BCUT2D eigenvalue weighted by atomic mass is 9.81. The molecule has 0 aliphatic carbocycles. The van der Waals surface area contributed by atoms with Crippen LogP contribution in [0.25, 0.3) is 0 Å². The van der Waals surface area contributed by atoms with Gasteiger partial charge in [0, 0.05) is 18.7 Å². The van der Waals surface area contributed by atoms with Crippen LogP contribution in [0.2, 0.25) is 0 Å². The summed E-state index contributed by atoms with van der Waals surface area (Å²) in [5, 5.41) is 42.1. The summed E-state index contributed by atoms with van der Waals surface area (Å²) in [4.78, 5) is 59.1. The highest BCUT2D eigenvalue weighted by Gasteiger charge is 2.55. The summed E-state index contributed by atoms with van der Waals surface area (Å²) in [5.74, 6) is -3.07. The largest absolute Gasteiger partial charge is 0.508 e. The molecule has 15 nitrogen and oxygen atoms in total. The van der Waals surface area contributed by atoms with E-state index in [9.17, 15) is 44.8 Å². The number of nitrogens with zero attached hydrogens (tertiary/aromatic N) is 3. The summed E-state index contributed by atoms with van der Waals surface area (Å²) in [7, 11) is 0. The summed E-state index contributed by atoms with van der Waals surface area (Å²) in [5.41, 5.74) is -0.352. The van der Waals surface area contributed by atoms with Gasteiger partial charge in [-0.3, -0.25) is 25.0 Å². The van der Waals surface area contributed by atoms with Crippen LogP contribution in [0.1, 0.15) is 24.5 Å². The van der Waals surface area contributed by atoms with Crippen LogP contribution in [-0.4, -0.2) is 68.0 Å². The van der Waals surface area contributed by atoms with Gasteiger partial charge in [0.05, 0.1) is 32.9 Å². The molecule has 1 aliphatic rings. The van der Waals surface area contributed by atoms with Gasteiger partial charge in [0.2, 0.25) is 12.1 Å². The smallest absolute Gasteiger partial charge is 0.457 e. The SMILES string of the molecule is C[C@H](OC(=O)OCc1ccccc1[N+](=O)[O-])[C@H]1C(=O)N(C(O)C(=O)OCc2ccccc2[N+](=O)[O-])[C@@H]1CCO. The molecule has 0 spiro atoms. The molecular weight excluding hydrogens is 522 g/mol. The molecule has 1 saturated heterocycles. The molecule has 2 N–H and O–H groups in total. The number of nitro groups is 2. The number of para-hydroxylation sites is 2.